The minimum absolute atomic E-state index is 0.0277. The van der Waals surface area contributed by atoms with E-state index in [4.69, 9.17) is 14.2 Å². The lowest BCUT2D eigenvalue weighted by Gasteiger charge is -2.34. The normalized spacial score (nSPS) is 15.6. The molecule has 59 heavy (non-hydrogen) atoms. The monoisotopic (exact) mass is 796 g/mol. The number of ether oxygens (including phenoxy) is 3. The molecule has 1 amide bonds. The number of hydrogen-bond donors (Lipinski definition) is 0. The molecule has 7 heterocycles. The van der Waals surface area contributed by atoms with Gasteiger partial charge in [-0.1, -0.05) is 25.1 Å². The third-order valence-electron chi connectivity index (χ3n) is 10.6. The van der Waals surface area contributed by atoms with Crippen LogP contribution in [0.1, 0.15) is 52.0 Å². The van der Waals surface area contributed by atoms with E-state index in [0.717, 1.165) is 79.2 Å². The van der Waals surface area contributed by atoms with Gasteiger partial charge in [0.2, 0.25) is 17.7 Å². The summed E-state index contributed by atoms with van der Waals surface area (Å²) in [7, 11) is 0. The zero-order valence-corrected chi connectivity index (χ0v) is 33.5. The summed E-state index contributed by atoms with van der Waals surface area (Å²) in [6, 6.07) is 12.8. The first-order chi connectivity index (χ1) is 28.9. The van der Waals surface area contributed by atoms with Crippen LogP contribution in [0.5, 0.6) is 17.5 Å². The molecule has 2 saturated heterocycles. The number of benzene rings is 1. The molecule has 0 unspecified atom stereocenters. The molecule has 6 aromatic rings. The Hall–Kier alpha value is -6.71. The number of amides is 1. The first-order valence-corrected chi connectivity index (χ1v) is 20.0. The number of rotatable bonds is 11. The summed E-state index contributed by atoms with van der Waals surface area (Å²) in [4.78, 5) is 42.9. The number of piperidine rings is 2. The van der Waals surface area contributed by atoms with Crippen molar-refractivity contribution >= 4 is 12.0 Å². The van der Waals surface area contributed by atoms with Crippen molar-refractivity contribution in [1.82, 2.24) is 55.2 Å². The molecule has 16 heteroatoms. The van der Waals surface area contributed by atoms with Crippen LogP contribution in [0.15, 0.2) is 104 Å². The van der Waals surface area contributed by atoms with Gasteiger partial charge in [-0.15, -0.1) is 0 Å². The number of likely N-dealkylation sites (tertiary alicyclic amines) is 1. The van der Waals surface area contributed by atoms with Gasteiger partial charge in [-0.25, -0.2) is 34.7 Å². The van der Waals surface area contributed by atoms with Crippen molar-refractivity contribution in [2.75, 3.05) is 31.1 Å². The number of carbonyl (C=O) groups is 1. The topological polar surface area (TPSA) is 180 Å². The first kappa shape index (κ1) is 40.5. The van der Waals surface area contributed by atoms with Crippen molar-refractivity contribution in [3.8, 4) is 40.0 Å². The van der Waals surface area contributed by atoms with Crippen molar-refractivity contribution in [3.63, 3.8) is 0 Å². The zero-order valence-electron chi connectivity index (χ0n) is 33.5. The molecule has 2 atom stereocenters. The van der Waals surface area contributed by atoms with Gasteiger partial charge < -0.3 is 24.0 Å². The summed E-state index contributed by atoms with van der Waals surface area (Å²) in [5, 5.41) is 15.3. The van der Waals surface area contributed by atoms with Crippen LogP contribution in [0.2, 0.25) is 0 Å². The summed E-state index contributed by atoms with van der Waals surface area (Å²) < 4.78 is 17.5. The SMILES string of the molecule is CCc1cnc(N2CCC([C@H](C)Oc3cnc(-c4ccnnc4)cn3)CC2)nc1.C[C@H](Oc1cnc(-c2ccnnc2)cn1)C1CCN(C(=O)Oc2ccccc2)CC1. The Morgan fingerprint density at radius 1 is 0.627 bits per heavy atom. The first-order valence-electron chi connectivity index (χ1n) is 20.0. The van der Waals surface area contributed by atoms with Gasteiger partial charge in [-0.2, -0.15) is 20.4 Å². The van der Waals surface area contributed by atoms with Gasteiger partial charge in [-0.05, 0) is 87.6 Å². The fourth-order valence-electron chi connectivity index (χ4n) is 6.98. The Morgan fingerprint density at radius 2 is 1.15 bits per heavy atom. The molecular weight excluding hydrogens is 749 g/mol. The van der Waals surface area contributed by atoms with E-state index in [1.54, 1.807) is 66.6 Å². The summed E-state index contributed by atoms with van der Waals surface area (Å²) in [5.41, 5.74) is 4.37. The van der Waals surface area contributed by atoms with Crippen LogP contribution in [-0.2, 0) is 6.42 Å². The van der Waals surface area contributed by atoms with Crippen molar-refractivity contribution in [2.45, 2.75) is 65.1 Å². The van der Waals surface area contributed by atoms with Gasteiger partial charge in [0, 0.05) is 49.7 Å². The lowest BCUT2D eigenvalue weighted by molar-refractivity contribution is 0.0814. The van der Waals surface area contributed by atoms with E-state index in [2.05, 4.69) is 69.0 Å². The average molecular weight is 797 g/mol. The zero-order chi connectivity index (χ0) is 40.8. The molecule has 0 radical (unpaired) electrons. The molecule has 2 aliphatic rings. The maximum absolute atomic E-state index is 12.3. The molecule has 16 nitrogen and oxygen atoms in total. The van der Waals surface area contributed by atoms with Crippen LogP contribution >= 0.6 is 0 Å². The van der Waals surface area contributed by atoms with Crippen molar-refractivity contribution in [3.05, 3.63) is 110 Å². The van der Waals surface area contributed by atoms with Gasteiger partial charge in [0.1, 0.15) is 18.0 Å². The Bertz CT molecular complexity index is 2160. The molecule has 8 rings (SSSR count). The van der Waals surface area contributed by atoms with Gasteiger partial charge in [-0.3, -0.25) is 0 Å². The second-order valence-corrected chi connectivity index (χ2v) is 14.5. The maximum Gasteiger partial charge on any atom is 0.415 e. The highest BCUT2D eigenvalue weighted by Gasteiger charge is 2.29. The quantitative estimate of drug-likeness (QED) is 0.137. The Kier molecular flexibility index (Phi) is 13.8. The minimum Gasteiger partial charge on any atom is -0.473 e. The van der Waals surface area contributed by atoms with E-state index in [1.807, 2.05) is 49.6 Å². The lowest BCUT2D eigenvalue weighted by atomic mass is 9.92. The van der Waals surface area contributed by atoms with Crippen LogP contribution in [0.25, 0.3) is 22.5 Å². The minimum atomic E-state index is -0.305. The smallest absolute Gasteiger partial charge is 0.415 e. The number of aromatic nitrogens is 10. The van der Waals surface area contributed by atoms with Gasteiger partial charge in [0.05, 0.1) is 61.0 Å². The summed E-state index contributed by atoms with van der Waals surface area (Å²) in [6.45, 7) is 9.40. The molecule has 304 valence electrons. The summed E-state index contributed by atoms with van der Waals surface area (Å²) >= 11 is 0. The van der Waals surface area contributed by atoms with E-state index in [-0.39, 0.29) is 18.3 Å². The second-order valence-electron chi connectivity index (χ2n) is 14.5. The highest BCUT2D eigenvalue weighted by atomic mass is 16.6. The van der Waals surface area contributed by atoms with Crippen LogP contribution in [0, 0.1) is 11.8 Å². The maximum atomic E-state index is 12.3. The third kappa shape index (κ3) is 11.2. The third-order valence-corrected chi connectivity index (χ3v) is 10.6. The number of hydrogen-bond acceptors (Lipinski definition) is 15. The Morgan fingerprint density at radius 3 is 1.61 bits per heavy atom. The summed E-state index contributed by atoms with van der Waals surface area (Å²) in [6.07, 6.45) is 21.5. The Balaban J connectivity index is 0.000000179. The Labute approximate surface area is 343 Å². The summed E-state index contributed by atoms with van der Waals surface area (Å²) in [5.74, 6) is 3.21. The second kappa shape index (κ2) is 20.1. The predicted octanol–water partition coefficient (Wildman–Crippen LogP) is 6.58. The fourth-order valence-corrected chi connectivity index (χ4v) is 6.98. The lowest BCUT2D eigenvalue weighted by Crippen LogP contribution is -2.43. The molecule has 5 aromatic heterocycles. The number of aryl methyl sites for hydroxylation is 1. The van der Waals surface area contributed by atoms with Crippen molar-refractivity contribution in [1.29, 1.82) is 0 Å². The molecule has 0 saturated carbocycles. The van der Waals surface area contributed by atoms with E-state index in [0.29, 0.717) is 42.4 Å². The van der Waals surface area contributed by atoms with E-state index in [9.17, 15) is 4.79 Å². The average Bonchev–Trinajstić information content (AvgIpc) is 3.31. The number of para-hydroxylation sites is 1. The van der Waals surface area contributed by atoms with Gasteiger partial charge >= 0.3 is 6.09 Å². The van der Waals surface area contributed by atoms with E-state index < -0.39 is 0 Å². The number of nitrogens with zero attached hydrogens (tertiary/aromatic N) is 12. The molecule has 0 aliphatic carbocycles. The predicted molar refractivity (Wildman–Crippen MR) is 219 cm³/mol. The highest BCUT2D eigenvalue weighted by molar-refractivity contribution is 5.70. The van der Waals surface area contributed by atoms with Crippen LogP contribution < -0.4 is 19.1 Å². The molecule has 2 fully saturated rings. The van der Waals surface area contributed by atoms with Gasteiger partial charge in [0.15, 0.2) is 0 Å². The molecular formula is C43H48N12O4. The van der Waals surface area contributed by atoms with E-state index >= 15 is 0 Å². The molecule has 0 spiro atoms. The van der Waals surface area contributed by atoms with Crippen LogP contribution in [0.4, 0.5) is 10.7 Å². The highest BCUT2D eigenvalue weighted by Crippen LogP contribution is 2.27. The largest absolute Gasteiger partial charge is 0.473 e. The van der Waals surface area contributed by atoms with E-state index in [1.165, 1.54) is 0 Å². The number of carbonyl (C=O) groups excluding carboxylic acids is 1. The molecule has 0 bridgehead atoms. The molecule has 1 aromatic carbocycles. The van der Waals surface area contributed by atoms with Crippen molar-refractivity contribution < 1.29 is 19.0 Å². The molecule has 0 N–H and O–H groups in total. The molecule has 2 aliphatic heterocycles. The van der Waals surface area contributed by atoms with Crippen LogP contribution in [-0.4, -0.2) is 99.7 Å². The van der Waals surface area contributed by atoms with Crippen molar-refractivity contribution in [2.24, 2.45) is 11.8 Å². The fraction of sp³-hybridized carbons (Fsp3) is 0.372. The van der Waals surface area contributed by atoms with Gasteiger partial charge in [0.25, 0.3) is 0 Å². The number of anilines is 1. The van der Waals surface area contributed by atoms with Crippen LogP contribution in [0.3, 0.4) is 0 Å². The standard InChI is InChI=1S/C22H23N5O3.C21H25N7O/c1-16(29-21-15-23-20(14-24-21)18-7-10-25-26-13-18)17-8-11-27(12-9-17)22(28)30-19-5-3-2-4-6-19;1-3-16-10-24-21(25-11-16)28-8-5-17(6-9-28)15(2)29-20-14-22-19(13-23-20)18-4-7-26-27-12-18/h2-7,10,13-17H,8-9,11-12H2,1H3;4,7,10-15,17H,3,5-6,8-9H2,1-2H3/t16-;15-/m00/s1.